The zero-order chi connectivity index (χ0) is 19.3. The van der Waals surface area contributed by atoms with E-state index in [-0.39, 0.29) is 22.8 Å². The monoisotopic (exact) mass is 380 g/mol. The summed E-state index contributed by atoms with van der Waals surface area (Å²) in [7, 11) is 0.231. The van der Waals surface area contributed by atoms with Gasteiger partial charge in [0, 0.05) is 0 Å². The van der Waals surface area contributed by atoms with Crippen LogP contribution < -0.4 is 0 Å². The van der Waals surface area contributed by atoms with Crippen LogP contribution in [-0.2, 0) is 19.1 Å². The molecule has 0 heterocycles. The number of hydrogen-bond donors (Lipinski definition) is 0. The Labute approximate surface area is 159 Å². The van der Waals surface area contributed by atoms with Gasteiger partial charge in [0.2, 0.25) is 0 Å². The van der Waals surface area contributed by atoms with Crippen LogP contribution >= 0.6 is 0 Å². The van der Waals surface area contributed by atoms with Crippen molar-refractivity contribution in [1.82, 2.24) is 0 Å². The predicted molar refractivity (Wildman–Crippen MR) is 106 cm³/mol. The lowest BCUT2D eigenvalue weighted by atomic mass is 9.53. The second kappa shape index (κ2) is 8.72. The third kappa shape index (κ3) is 4.08. The van der Waals surface area contributed by atoms with Crippen LogP contribution in [0.5, 0.6) is 0 Å². The first kappa shape index (κ1) is 21.2. The molecule has 4 nitrogen and oxygen atoms in total. The van der Waals surface area contributed by atoms with E-state index in [4.69, 9.17) is 9.47 Å². The molecule has 0 aliphatic heterocycles. The standard InChI is InChI=1S/C21H36O4Si/c1-5-26(6-2,7-3)17-9-8-16-25-19(23)21-13-10-20(11-14-21,12-15-21)18(22)24-4/h9,17H,5-8,10-16H2,1-4H3/b17-9+. The summed E-state index contributed by atoms with van der Waals surface area (Å²) in [4.78, 5) is 24.8. The second-order valence-corrected chi connectivity index (χ2v) is 13.5. The van der Waals surface area contributed by atoms with Gasteiger partial charge in [-0.1, -0.05) is 50.7 Å². The van der Waals surface area contributed by atoms with Crippen LogP contribution in [0.1, 0.15) is 65.7 Å². The van der Waals surface area contributed by atoms with Crippen LogP contribution in [-0.4, -0.2) is 33.7 Å². The van der Waals surface area contributed by atoms with E-state index in [1.165, 1.54) is 25.2 Å². The van der Waals surface area contributed by atoms with Crippen molar-refractivity contribution in [2.75, 3.05) is 13.7 Å². The molecule has 0 aromatic rings. The van der Waals surface area contributed by atoms with Gasteiger partial charge in [0.1, 0.15) is 0 Å². The highest BCUT2D eigenvalue weighted by atomic mass is 28.3. The maximum absolute atomic E-state index is 12.7. The maximum atomic E-state index is 12.7. The third-order valence-corrected chi connectivity index (χ3v) is 12.6. The van der Waals surface area contributed by atoms with Crippen LogP contribution in [0, 0.1) is 10.8 Å². The molecule has 3 fully saturated rings. The van der Waals surface area contributed by atoms with Gasteiger partial charge in [-0.25, -0.2) is 0 Å². The van der Waals surface area contributed by atoms with Gasteiger partial charge in [0.15, 0.2) is 0 Å². The summed E-state index contributed by atoms with van der Waals surface area (Å²) in [6.45, 7) is 7.36. The average Bonchev–Trinajstić information content (AvgIpc) is 2.71. The fraction of sp³-hybridized carbons (Fsp3) is 0.810. The van der Waals surface area contributed by atoms with Crippen molar-refractivity contribution in [3.63, 3.8) is 0 Å². The van der Waals surface area contributed by atoms with Gasteiger partial charge in [-0.15, -0.1) is 0 Å². The molecule has 3 aliphatic rings. The molecule has 0 radical (unpaired) electrons. The smallest absolute Gasteiger partial charge is 0.312 e. The van der Waals surface area contributed by atoms with Crippen molar-refractivity contribution in [3.8, 4) is 0 Å². The quantitative estimate of drug-likeness (QED) is 0.319. The van der Waals surface area contributed by atoms with E-state index in [2.05, 4.69) is 32.5 Å². The number of rotatable bonds is 9. The second-order valence-electron chi connectivity index (χ2n) is 8.30. The first-order valence-electron chi connectivity index (χ1n) is 10.3. The third-order valence-electron chi connectivity index (χ3n) is 7.40. The summed E-state index contributed by atoms with van der Waals surface area (Å²) in [6.07, 6.45) is 7.59. The van der Waals surface area contributed by atoms with Gasteiger partial charge in [-0.2, -0.15) is 0 Å². The van der Waals surface area contributed by atoms with Crippen molar-refractivity contribution in [2.24, 2.45) is 10.8 Å². The minimum absolute atomic E-state index is 0.0472. The average molecular weight is 381 g/mol. The van der Waals surface area contributed by atoms with Crippen molar-refractivity contribution in [3.05, 3.63) is 11.8 Å². The summed E-state index contributed by atoms with van der Waals surface area (Å²) in [5.74, 6) is -0.145. The molecular weight excluding hydrogens is 344 g/mol. The summed E-state index contributed by atoms with van der Waals surface area (Å²) in [5.41, 5.74) is 1.76. The lowest BCUT2D eigenvalue weighted by molar-refractivity contribution is -0.176. The molecule has 0 atom stereocenters. The fourth-order valence-electron chi connectivity index (χ4n) is 4.82. The van der Waals surface area contributed by atoms with Crippen LogP contribution in [0.15, 0.2) is 11.8 Å². The first-order valence-corrected chi connectivity index (χ1v) is 13.0. The zero-order valence-corrected chi connectivity index (χ0v) is 18.1. The SMILES string of the molecule is CC[Si](/C=C/CCOC(=O)C12CCC(C(=O)OC)(CC1)CC2)(CC)CC. The van der Waals surface area contributed by atoms with Crippen LogP contribution in [0.4, 0.5) is 0 Å². The molecule has 148 valence electrons. The number of ether oxygens (including phenoxy) is 2. The molecule has 0 amide bonds. The van der Waals surface area contributed by atoms with Gasteiger partial charge in [0.25, 0.3) is 0 Å². The highest BCUT2D eigenvalue weighted by Gasteiger charge is 2.56. The first-order chi connectivity index (χ1) is 12.4. The molecule has 3 aliphatic carbocycles. The molecule has 0 saturated heterocycles. The van der Waals surface area contributed by atoms with Gasteiger partial charge >= 0.3 is 11.9 Å². The van der Waals surface area contributed by atoms with Gasteiger partial charge in [0.05, 0.1) is 32.6 Å². The maximum Gasteiger partial charge on any atom is 0.312 e. The lowest BCUT2D eigenvalue weighted by Gasteiger charge is -2.49. The lowest BCUT2D eigenvalue weighted by Crippen LogP contribution is -2.50. The van der Waals surface area contributed by atoms with E-state index in [1.807, 2.05) is 0 Å². The van der Waals surface area contributed by atoms with E-state index in [0.29, 0.717) is 6.61 Å². The molecule has 5 heteroatoms. The molecule has 0 aromatic carbocycles. The number of esters is 2. The number of carbonyl (C=O) groups excluding carboxylic acids is 2. The van der Waals surface area contributed by atoms with Crippen LogP contribution in [0.3, 0.4) is 0 Å². The van der Waals surface area contributed by atoms with Gasteiger partial charge in [-0.05, 0) is 44.9 Å². The number of hydrogen-bond acceptors (Lipinski definition) is 4. The fourth-order valence-corrected chi connectivity index (χ4v) is 7.70. The van der Waals surface area contributed by atoms with E-state index in [9.17, 15) is 9.59 Å². The molecule has 0 N–H and O–H groups in total. The number of carbonyl (C=O) groups is 2. The Morgan fingerprint density at radius 2 is 1.35 bits per heavy atom. The normalized spacial score (nSPS) is 28.3. The Balaban J connectivity index is 1.82. The highest BCUT2D eigenvalue weighted by Crippen LogP contribution is 2.57. The van der Waals surface area contributed by atoms with Crippen LogP contribution in [0.2, 0.25) is 18.1 Å². The van der Waals surface area contributed by atoms with Gasteiger partial charge < -0.3 is 9.47 Å². The van der Waals surface area contributed by atoms with Crippen molar-refractivity contribution < 1.29 is 19.1 Å². The molecule has 3 saturated carbocycles. The molecule has 0 spiro atoms. The molecular formula is C21H36O4Si. The predicted octanol–water partition coefficient (Wildman–Crippen LogP) is 5.04. The topological polar surface area (TPSA) is 52.6 Å². The largest absolute Gasteiger partial charge is 0.469 e. The van der Waals surface area contributed by atoms with E-state index in [0.717, 1.165) is 44.9 Å². The van der Waals surface area contributed by atoms with Crippen LogP contribution in [0.25, 0.3) is 0 Å². The van der Waals surface area contributed by atoms with E-state index < -0.39 is 8.07 Å². The van der Waals surface area contributed by atoms with Crippen molar-refractivity contribution in [1.29, 1.82) is 0 Å². The summed E-state index contributed by atoms with van der Waals surface area (Å²) in [5, 5.41) is 0. The van der Waals surface area contributed by atoms with Crippen molar-refractivity contribution >= 4 is 20.0 Å². The minimum Gasteiger partial charge on any atom is -0.469 e. The molecule has 2 bridgehead atoms. The number of methoxy groups -OCH3 is 1. The Hall–Kier alpha value is -1.10. The van der Waals surface area contributed by atoms with Crippen molar-refractivity contribution in [2.45, 2.75) is 83.8 Å². The highest BCUT2D eigenvalue weighted by molar-refractivity contribution is 6.84. The molecule has 26 heavy (non-hydrogen) atoms. The Kier molecular flexibility index (Phi) is 7.11. The molecule has 3 rings (SSSR count). The zero-order valence-electron chi connectivity index (χ0n) is 17.1. The molecule has 0 aromatic heterocycles. The summed E-state index contributed by atoms with van der Waals surface area (Å²) >= 11 is 0. The Morgan fingerprint density at radius 3 is 1.77 bits per heavy atom. The summed E-state index contributed by atoms with van der Waals surface area (Å²) < 4.78 is 10.6. The number of fused-ring (bicyclic) bond motifs is 3. The minimum atomic E-state index is -1.23. The van der Waals surface area contributed by atoms with E-state index in [1.54, 1.807) is 0 Å². The Bertz CT molecular complexity index is 503. The summed E-state index contributed by atoms with van der Waals surface area (Å²) in [6, 6.07) is 3.84. The van der Waals surface area contributed by atoms with Gasteiger partial charge in [-0.3, -0.25) is 9.59 Å². The van der Waals surface area contributed by atoms with E-state index >= 15 is 0 Å². The molecule has 0 unspecified atom stereocenters. The Morgan fingerprint density at radius 1 is 0.885 bits per heavy atom.